The number of piperidine rings is 1. The van der Waals surface area contributed by atoms with Gasteiger partial charge in [0.25, 0.3) is 0 Å². The molecule has 0 N–H and O–H groups in total. The van der Waals surface area contributed by atoms with Crippen molar-refractivity contribution in [1.82, 2.24) is 29.6 Å². The largest absolute Gasteiger partial charge is 0.304 e. The molecule has 1 saturated carbocycles. The number of hydrogen-bond acceptors (Lipinski definition) is 8. The van der Waals surface area contributed by atoms with Crippen LogP contribution in [0.1, 0.15) is 34.1 Å². The van der Waals surface area contributed by atoms with Crippen LogP contribution in [0.15, 0.2) is 23.4 Å². The van der Waals surface area contributed by atoms with Gasteiger partial charge >= 0.3 is 0 Å². The van der Waals surface area contributed by atoms with E-state index in [0.29, 0.717) is 5.41 Å². The number of hydrogen-bond donors (Lipinski definition) is 0. The van der Waals surface area contributed by atoms with E-state index in [1.165, 1.54) is 41.7 Å². The molecular formula is C24H29ClN6S3. The maximum atomic E-state index is 4.72. The van der Waals surface area contributed by atoms with Crippen LogP contribution in [-0.4, -0.2) is 55.0 Å². The van der Waals surface area contributed by atoms with Gasteiger partial charge < -0.3 is 9.47 Å². The molecule has 10 heteroatoms. The zero-order valence-electron chi connectivity index (χ0n) is 19.9. The third-order valence-electron chi connectivity index (χ3n) is 7.08. The molecule has 4 aromatic rings. The number of aryl methyl sites for hydroxylation is 3. The van der Waals surface area contributed by atoms with Crippen molar-refractivity contribution in [3.05, 3.63) is 39.5 Å². The van der Waals surface area contributed by atoms with Gasteiger partial charge in [-0.1, -0.05) is 17.8 Å². The minimum absolute atomic E-state index is 0. The van der Waals surface area contributed by atoms with E-state index in [2.05, 4.69) is 56.8 Å². The average molecular weight is 533 g/mol. The number of benzene rings is 1. The van der Waals surface area contributed by atoms with Crippen LogP contribution in [-0.2, 0) is 12.5 Å². The molecule has 1 unspecified atom stereocenters. The van der Waals surface area contributed by atoms with Crippen LogP contribution < -0.4 is 0 Å². The summed E-state index contributed by atoms with van der Waals surface area (Å²) in [6, 6.07) is 7.00. The fourth-order valence-electron chi connectivity index (χ4n) is 5.39. The number of halogens is 1. The van der Waals surface area contributed by atoms with E-state index in [-0.39, 0.29) is 12.4 Å². The normalized spacial score (nSPS) is 21.7. The van der Waals surface area contributed by atoms with Crippen molar-refractivity contribution in [1.29, 1.82) is 0 Å². The van der Waals surface area contributed by atoms with Crippen molar-refractivity contribution in [2.75, 3.05) is 25.4 Å². The molecule has 4 heterocycles. The molecule has 1 saturated heterocycles. The van der Waals surface area contributed by atoms with Crippen LogP contribution >= 0.6 is 46.8 Å². The van der Waals surface area contributed by atoms with Crippen molar-refractivity contribution in [3.8, 4) is 10.7 Å². The van der Waals surface area contributed by atoms with Gasteiger partial charge in [-0.2, -0.15) is 0 Å². The van der Waals surface area contributed by atoms with Crippen molar-refractivity contribution in [2.24, 2.45) is 13.0 Å². The molecule has 0 amide bonds. The van der Waals surface area contributed by atoms with Gasteiger partial charge in [-0.25, -0.2) is 9.97 Å². The summed E-state index contributed by atoms with van der Waals surface area (Å²) in [5, 5.41) is 12.1. The zero-order chi connectivity index (χ0) is 22.7. The zero-order valence-corrected chi connectivity index (χ0v) is 23.1. The predicted octanol–water partition coefficient (Wildman–Crippen LogP) is 5.65. The number of nitrogens with zero attached hydrogens (tertiary/aromatic N) is 6. The highest BCUT2D eigenvalue weighted by molar-refractivity contribution is 7.99. The third-order valence-corrected chi connectivity index (χ3v) is 10.2. The summed E-state index contributed by atoms with van der Waals surface area (Å²) in [6.45, 7) is 9.76. The minimum Gasteiger partial charge on any atom is -0.304 e. The first-order chi connectivity index (χ1) is 15.9. The third kappa shape index (κ3) is 4.19. The molecule has 1 aromatic carbocycles. The SMILES string of the molecule is Cc1nc(C)c(-c2nnc(SCCCN3C[C@H]4CC4(c4ccc5sc(C)nc5c4)C3)n2C)s1.Cl. The van der Waals surface area contributed by atoms with Crippen LogP contribution in [0.3, 0.4) is 0 Å². The maximum Gasteiger partial charge on any atom is 0.191 e. The Labute approximate surface area is 218 Å². The Bertz CT molecular complexity index is 1340. The molecule has 6 nitrogen and oxygen atoms in total. The second kappa shape index (κ2) is 9.17. The van der Waals surface area contributed by atoms with E-state index >= 15 is 0 Å². The van der Waals surface area contributed by atoms with E-state index in [1.807, 2.05) is 25.6 Å². The Morgan fingerprint density at radius 3 is 2.74 bits per heavy atom. The van der Waals surface area contributed by atoms with Gasteiger partial charge in [-0.15, -0.1) is 45.3 Å². The summed E-state index contributed by atoms with van der Waals surface area (Å²) < 4.78 is 3.42. The van der Waals surface area contributed by atoms with Crippen LogP contribution in [0.5, 0.6) is 0 Å². The highest BCUT2D eigenvalue weighted by Crippen LogP contribution is 2.59. The Morgan fingerprint density at radius 2 is 1.94 bits per heavy atom. The first-order valence-corrected chi connectivity index (χ1v) is 14.1. The smallest absolute Gasteiger partial charge is 0.191 e. The fraction of sp³-hybridized carbons (Fsp3) is 0.500. The molecule has 34 heavy (non-hydrogen) atoms. The molecular weight excluding hydrogens is 504 g/mol. The standard InChI is InChI=1S/C24H28N6S3.ClH/c1-14-21(33-15(2)25-14)22-27-28-23(29(22)4)31-9-5-8-30-12-18-11-24(18,13-30)17-6-7-20-19(10-17)26-16(3)32-20;/h6-7,10,18H,5,8-9,11-13H2,1-4H3;1H/t18-,24?;/m1./s1. The van der Waals surface area contributed by atoms with Gasteiger partial charge in [-0.05, 0) is 63.8 Å². The number of aromatic nitrogens is 5. The quantitative estimate of drug-likeness (QED) is 0.226. The van der Waals surface area contributed by atoms with E-state index in [4.69, 9.17) is 4.98 Å². The average Bonchev–Trinajstić information content (AvgIpc) is 3.15. The maximum absolute atomic E-state index is 4.72. The number of thiazole rings is 2. The molecule has 1 aliphatic heterocycles. The topological polar surface area (TPSA) is 59.7 Å². The van der Waals surface area contributed by atoms with Gasteiger partial charge in [0.1, 0.15) is 0 Å². The summed E-state index contributed by atoms with van der Waals surface area (Å²) in [6.07, 6.45) is 2.50. The summed E-state index contributed by atoms with van der Waals surface area (Å²) in [5.41, 5.74) is 4.09. The number of fused-ring (bicyclic) bond motifs is 2. The van der Waals surface area contributed by atoms with E-state index < -0.39 is 0 Å². The molecule has 3 aromatic heterocycles. The van der Waals surface area contributed by atoms with Gasteiger partial charge in [0.15, 0.2) is 11.0 Å². The Balaban J connectivity index is 0.00000241. The summed E-state index contributed by atoms with van der Waals surface area (Å²) in [4.78, 5) is 13.0. The van der Waals surface area contributed by atoms with Crippen LogP contribution in [0.25, 0.3) is 20.9 Å². The predicted molar refractivity (Wildman–Crippen MR) is 145 cm³/mol. The van der Waals surface area contributed by atoms with Gasteiger partial charge in [0.2, 0.25) is 0 Å². The molecule has 6 rings (SSSR count). The summed E-state index contributed by atoms with van der Waals surface area (Å²) >= 11 is 5.29. The monoisotopic (exact) mass is 532 g/mol. The lowest BCUT2D eigenvalue weighted by atomic mass is 9.95. The highest BCUT2D eigenvalue weighted by atomic mass is 35.5. The highest BCUT2D eigenvalue weighted by Gasteiger charge is 2.60. The van der Waals surface area contributed by atoms with Crippen molar-refractivity contribution in [2.45, 2.75) is 44.2 Å². The second-order valence-corrected chi connectivity index (χ2v) is 12.9. The van der Waals surface area contributed by atoms with Crippen LogP contribution in [0, 0.1) is 26.7 Å². The lowest BCUT2D eigenvalue weighted by molar-refractivity contribution is 0.299. The van der Waals surface area contributed by atoms with E-state index in [0.717, 1.165) is 49.8 Å². The number of thioether (sulfide) groups is 1. The second-order valence-electron chi connectivity index (χ2n) is 9.42. The first kappa shape index (κ1) is 24.2. The first-order valence-electron chi connectivity index (χ1n) is 11.5. The molecule has 1 aliphatic carbocycles. The molecule has 0 bridgehead atoms. The van der Waals surface area contributed by atoms with Gasteiger partial charge in [0, 0.05) is 31.3 Å². The van der Waals surface area contributed by atoms with Crippen molar-refractivity contribution in [3.63, 3.8) is 0 Å². The van der Waals surface area contributed by atoms with Crippen molar-refractivity contribution < 1.29 is 0 Å². The lowest BCUT2D eigenvalue weighted by Crippen LogP contribution is -2.27. The van der Waals surface area contributed by atoms with Crippen LogP contribution in [0.2, 0.25) is 0 Å². The fourth-order valence-corrected chi connectivity index (χ4v) is 7.97. The Kier molecular flexibility index (Phi) is 6.52. The van der Waals surface area contributed by atoms with Gasteiger partial charge in [-0.3, -0.25) is 0 Å². The molecule has 0 spiro atoms. The van der Waals surface area contributed by atoms with E-state index in [1.54, 1.807) is 22.7 Å². The molecule has 2 fully saturated rings. The minimum atomic E-state index is 0. The van der Waals surface area contributed by atoms with Crippen LogP contribution in [0.4, 0.5) is 0 Å². The number of rotatable bonds is 7. The number of likely N-dealkylation sites (tertiary alicyclic amines) is 1. The Morgan fingerprint density at radius 1 is 1.12 bits per heavy atom. The van der Waals surface area contributed by atoms with Gasteiger partial charge in [0.05, 0.1) is 30.8 Å². The summed E-state index contributed by atoms with van der Waals surface area (Å²) in [7, 11) is 2.06. The van der Waals surface area contributed by atoms with E-state index in [9.17, 15) is 0 Å². The molecule has 2 aliphatic rings. The van der Waals surface area contributed by atoms with Crippen molar-refractivity contribution >= 4 is 57.1 Å². The molecule has 180 valence electrons. The molecule has 2 atom stereocenters. The molecule has 0 radical (unpaired) electrons. The lowest BCUT2D eigenvalue weighted by Gasteiger charge is -2.21. The Hall–Kier alpha value is -1.52. The summed E-state index contributed by atoms with van der Waals surface area (Å²) in [5.74, 6) is 2.80.